The highest BCUT2D eigenvalue weighted by atomic mass is 35.5. The lowest BCUT2D eigenvalue weighted by Gasteiger charge is -2.05. The summed E-state index contributed by atoms with van der Waals surface area (Å²) in [6.07, 6.45) is 0. The Morgan fingerprint density at radius 2 is 2.06 bits per heavy atom. The van der Waals surface area contributed by atoms with Crippen LogP contribution < -0.4 is 5.32 Å². The molecule has 1 aromatic carbocycles. The molecule has 0 saturated carbocycles. The predicted molar refractivity (Wildman–Crippen MR) is 66.9 cm³/mol. The van der Waals surface area contributed by atoms with Crippen LogP contribution in [0.1, 0.15) is 15.2 Å². The summed E-state index contributed by atoms with van der Waals surface area (Å²) in [4.78, 5) is 12.4. The molecule has 1 amide bonds. The highest BCUT2D eigenvalue weighted by molar-refractivity contribution is 7.12. The molecule has 0 bridgehead atoms. The van der Waals surface area contributed by atoms with E-state index in [1.807, 2.05) is 35.7 Å². The second-order valence-electron chi connectivity index (χ2n) is 3.25. The van der Waals surface area contributed by atoms with Crippen molar-refractivity contribution < 1.29 is 4.79 Å². The molecule has 0 unspecified atom stereocenters. The first kappa shape index (κ1) is 11.2. The lowest BCUT2D eigenvalue weighted by atomic mass is 10.2. The van der Waals surface area contributed by atoms with Crippen LogP contribution in [0.2, 0.25) is 5.02 Å². The molecular weight excluding hydrogens is 242 g/mol. The SMILES string of the molecule is O=C(NCc1ccccc1Cl)c1cccs1. The first-order valence-electron chi connectivity index (χ1n) is 4.82. The van der Waals surface area contributed by atoms with E-state index < -0.39 is 0 Å². The molecule has 2 aromatic rings. The second kappa shape index (κ2) is 5.14. The van der Waals surface area contributed by atoms with Gasteiger partial charge in [0.25, 0.3) is 5.91 Å². The molecule has 1 heterocycles. The van der Waals surface area contributed by atoms with Gasteiger partial charge in [-0.2, -0.15) is 0 Å². The molecule has 0 aliphatic rings. The van der Waals surface area contributed by atoms with E-state index in [2.05, 4.69) is 5.32 Å². The minimum atomic E-state index is -0.0603. The Morgan fingerprint density at radius 3 is 2.75 bits per heavy atom. The van der Waals surface area contributed by atoms with Crippen molar-refractivity contribution >= 4 is 28.8 Å². The minimum absolute atomic E-state index is 0.0603. The molecule has 2 nitrogen and oxygen atoms in total. The number of amides is 1. The number of carbonyl (C=O) groups excluding carboxylic acids is 1. The number of nitrogens with one attached hydrogen (secondary N) is 1. The zero-order chi connectivity index (χ0) is 11.4. The number of benzene rings is 1. The van der Waals surface area contributed by atoms with Crippen molar-refractivity contribution in [3.8, 4) is 0 Å². The number of rotatable bonds is 3. The summed E-state index contributed by atoms with van der Waals surface area (Å²) in [5, 5.41) is 5.38. The van der Waals surface area contributed by atoms with Gasteiger partial charge in [-0.05, 0) is 23.1 Å². The van der Waals surface area contributed by atoms with Crippen LogP contribution in [0.25, 0.3) is 0 Å². The molecule has 0 spiro atoms. The van der Waals surface area contributed by atoms with E-state index in [4.69, 9.17) is 11.6 Å². The van der Waals surface area contributed by atoms with Crippen LogP contribution in [0, 0.1) is 0 Å². The molecule has 2 rings (SSSR count). The summed E-state index contributed by atoms with van der Waals surface area (Å²) < 4.78 is 0. The molecule has 4 heteroatoms. The Balaban J connectivity index is 1.98. The number of halogens is 1. The van der Waals surface area contributed by atoms with Gasteiger partial charge >= 0.3 is 0 Å². The third kappa shape index (κ3) is 2.62. The fraction of sp³-hybridized carbons (Fsp3) is 0.0833. The monoisotopic (exact) mass is 251 g/mol. The first-order chi connectivity index (χ1) is 7.77. The van der Waals surface area contributed by atoms with Crippen LogP contribution in [0.15, 0.2) is 41.8 Å². The maximum absolute atomic E-state index is 11.6. The zero-order valence-electron chi connectivity index (χ0n) is 8.44. The molecule has 16 heavy (non-hydrogen) atoms. The van der Waals surface area contributed by atoms with E-state index in [0.717, 1.165) is 5.56 Å². The Morgan fingerprint density at radius 1 is 1.25 bits per heavy atom. The van der Waals surface area contributed by atoms with Crippen LogP contribution in [-0.2, 0) is 6.54 Å². The first-order valence-corrected chi connectivity index (χ1v) is 6.08. The average Bonchev–Trinajstić information content (AvgIpc) is 2.81. The van der Waals surface area contributed by atoms with Crippen molar-refractivity contribution in [1.82, 2.24) is 5.32 Å². The van der Waals surface area contributed by atoms with E-state index in [1.165, 1.54) is 11.3 Å². The van der Waals surface area contributed by atoms with Crippen molar-refractivity contribution in [3.05, 3.63) is 57.2 Å². The van der Waals surface area contributed by atoms with E-state index in [-0.39, 0.29) is 5.91 Å². The summed E-state index contributed by atoms with van der Waals surface area (Å²) in [5.74, 6) is -0.0603. The van der Waals surface area contributed by atoms with Crippen LogP contribution in [-0.4, -0.2) is 5.91 Å². The smallest absolute Gasteiger partial charge is 0.261 e. The van der Waals surface area contributed by atoms with Gasteiger partial charge in [0.15, 0.2) is 0 Å². The number of hydrogen-bond acceptors (Lipinski definition) is 2. The van der Waals surface area contributed by atoms with Gasteiger partial charge in [-0.1, -0.05) is 35.9 Å². The van der Waals surface area contributed by atoms with Crippen LogP contribution in [0.3, 0.4) is 0 Å². The minimum Gasteiger partial charge on any atom is -0.347 e. The van der Waals surface area contributed by atoms with Gasteiger partial charge in [0, 0.05) is 11.6 Å². The standard InChI is InChI=1S/C12H10ClNOS/c13-10-5-2-1-4-9(10)8-14-12(15)11-6-3-7-16-11/h1-7H,8H2,(H,14,15). The van der Waals surface area contributed by atoms with Crippen LogP contribution in [0.5, 0.6) is 0 Å². The molecule has 1 N–H and O–H groups in total. The Bertz CT molecular complexity index is 482. The number of hydrogen-bond donors (Lipinski definition) is 1. The molecule has 0 fully saturated rings. The van der Waals surface area contributed by atoms with Gasteiger partial charge < -0.3 is 5.32 Å². The molecule has 0 aliphatic heterocycles. The fourth-order valence-corrected chi connectivity index (χ4v) is 2.15. The molecule has 0 saturated heterocycles. The van der Waals surface area contributed by atoms with Gasteiger partial charge in [-0.25, -0.2) is 0 Å². The lowest BCUT2D eigenvalue weighted by Crippen LogP contribution is -2.21. The third-order valence-electron chi connectivity index (χ3n) is 2.14. The van der Waals surface area contributed by atoms with Gasteiger partial charge in [-0.15, -0.1) is 11.3 Å². The maximum atomic E-state index is 11.6. The number of carbonyl (C=O) groups is 1. The Kier molecular flexibility index (Phi) is 3.59. The quantitative estimate of drug-likeness (QED) is 0.891. The molecule has 82 valence electrons. The topological polar surface area (TPSA) is 29.1 Å². The van der Waals surface area contributed by atoms with Crippen molar-refractivity contribution in [2.45, 2.75) is 6.54 Å². The Labute approximate surface area is 103 Å². The summed E-state index contributed by atoms with van der Waals surface area (Å²) in [7, 11) is 0. The van der Waals surface area contributed by atoms with Gasteiger partial charge in [0.1, 0.15) is 0 Å². The number of thiophene rings is 1. The maximum Gasteiger partial charge on any atom is 0.261 e. The highest BCUT2D eigenvalue weighted by Crippen LogP contribution is 2.15. The van der Waals surface area contributed by atoms with Gasteiger partial charge in [0.2, 0.25) is 0 Å². The summed E-state index contributed by atoms with van der Waals surface area (Å²) >= 11 is 7.41. The van der Waals surface area contributed by atoms with Crippen LogP contribution in [0.4, 0.5) is 0 Å². The third-order valence-corrected chi connectivity index (χ3v) is 3.38. The summed E-state index contributed by atoms with van der Waals surface area (Å²) in [6.45, 7) is 0.455. The highest BCUT2D eigenvalue weighted by Gasteiger charge is 2.06. The van der Waals surface area contributed by atoms with Crippen molar-refractivity contribution in [2.24, 2.45) is 0 Å². The van der Waals surface area contributed by atoms with Gasteiger partial charge in [0.05, 0.1) is 4.88 Å². The van der Waals surface area contributed by atoms with E-state index in [9.17, 15) is 4.79 Å². The lowest BCUT2D eigenvalue weighted by molar-refractivity contribution is 0.0955. The summed E-state index contributed by atoms with van der Waals surface area (Å²) in [6, 6.07) is 11.1. The van der Waals surface area contributed by atoms with E-state index >= 15 is 0 Å². The largest absolute Gasteiger partial charge is 0.347 e. The molecule has 1 aromatic heterocycles. The predicted octanol–water partition coefficient (Wildman–Crippen LogP) is 3.33. The van der Waals surface area contributed by atoms with Crippen LogP contribution >= 0.6 is 22.9 Å². The van der Waals surface area contributed by atoms with E-state index in [1.54, 1.807) is 6.07 Å². The zero-order valence-corrected chi connectivity index (χ0v) is 10.0. The van der Waals surface area contributed by atoms with E-state index in [0.29, 0.717) is 16.4 Å². The Hall–Kier alpha value is -1.32. The molecule has 0 radical (unpaired) electrons. The van der Waals surface area contributed by atoms with Crippen molar-refractivity contribution in [3.63, 3.8) is 0 Å². The summed E-state index contributed by atoms with van der Waals surface area (Å²) in [5.41, 5.74) is 0.925. The fourth-order valence-electron chi connectivity index (χ4n) is 1.31. The van der Waals surface area contributed by atoms with Crippen molar-refractivity contribution in [2.75, 3.05) is 0 Å². The van der Waals surface area contributed by atoms with Gasteiger partial charge in [-0.3, -0.25) is 4.79 Å². The molecular formula is C12H10ClNOS. The second-order valence-corrected chi connectivity index (χ2v) is 4.61. The molecule has 0 atom stereocenters. The molecule has 0 aliphatic carbocycles. The average molecular weight is 252 g/mol. The normalized spacial score (nSPS) is 10.1. The van der Waals surface area contributed by atoms with Crippen molar-refractivity contribution in [1.29, 1.82) is 0 Å².